The lowest BCUT2D eigenvalue weighted by molar-refractivity contribution is 0.0989. The molecule has 0 radical (unpaired) electrons. The van der Waals surface area contributed by atoms with Crippen molar-refractivity contribution in [3.63, 3.8) is 0 Å². The molecule has 3 rings (SSSR count). The van der Waals surface area contributed by atoms with Crippen molar-refractivity contribution in [3.05, 3.63) is 46.9 Å². The Morgan fingerprint density at radius 1 is 1.25 bits per heavy atom. The Hall–Kier alpha value is -2.18. The van der Waals surface area contributed by atoms with Crippen molar-refractivity contribution in [2.75, 3.05) is 23.7 Å². The molecule has 0 bridgehead atoms. The summed E-state index contributed by atoms with van der Waals surface area (Å²) in [6, 6.07) is 5.88. The molecular formula is C17H20ClN5O. The molecule has 1 aliphatic rings. The van der Waals surface area contributed by atoms with Crippen LogP contribution in [0, 0.1) is 0 Å². The van der Waals surface area contributed by atoms with Crippen molar-refractivity contribution in [2.45, 2.75) is 25.3 Å². The normalized spacial score (nSPS) is 15.5. The zero-order valence-corrected chi connectivity index (χ0v) is 14.0. The molecule has 1 aliphatic heterocycles. The molecule has 2 heterocycles. The number of hydrogen-bond donors (Lipinski definition) is 2. The maximum atomic E-state index is 12.6. The summed E-state index contributed by atoms with van der Waals surface area (Å²) in [7, 11) is 0. The highest BCUT2D eigenvalue weighted by molar-refractivity contribution is 6.30. The number of Topliss-reactive ketones (excluding diaryl/α,β-unsaturated/α-hetero) is 1. The van der Waals surface area contributed by atoms with Gasteiger partial charge in [-0.3, -0.25) is 4.79 Å². The van der Waals surface area contributed by atoms with Crippen LogP contribution in [-0.4, -0.2) is 34.9 Å². The molecule has 1 aromatic heterocycles. The Bertz CT molecular complexity index is 744. The summed E-state index contributed by atoms with van der Waals surface area (Å²) in [5.41, 5.74) is 13.8. The fourth-order valence-corrected chi connectivity index (χ4v) is 3.16. The highest BCUT2D eigenvalue weighted by atomic mass is 35.5. The first-order valence-corrected chi connectivity index (χ1v) is 8.31. The average molecular weight is 346 g/mol. The Labute approximate surface area is 145 Å². The summed E-state index contributed by atoms with van der Waals surface area (Å²) in [6.45, 7) is 1.74. The number of benzene rings is 1. The van der Waals surface area contributed by atoms with E-state index < -0.39 is 0 Å². The largest absolute Gasteiger partial charge is 0.382 e. The Morgan fingerprint density at radius 2 is 1.96 bits per heavy atom. The van der Waals surface area contributed by atoms with Gasteiger partial charge in [-0.15, -0.1) is 0 Å². The third-order valence-electron chi connectivity index (χ3n) is 4.26. The smallest absolute Gasteiger partial charge is 0.189 e. The summed E-state index contributed by atoms with van der Waals surface area (Å²) in [4.78, 5) is 22.8. The minimum Gasteiger partial charge on any atom is -0.382 e. The van der Waals surface area contributed by atoms with Gasteiger partial charge in [0.25, 0.3) is 0 Å². The van der Waals surface area contributed by atoms with E-state index >= 15 is 0 Å². The summed E-state index contributed by atoms with van der Waals surface area (Å²) in [6.07, 6.45) is 4.99. The molecule has 4 N–H and O–H groups in total. The van der Waals surface area contributed by atoms with Gasteiger partial charge in [0, 0.05) is 48.7 Å². The number of carbonyl (C=O) groups excluding carboxylic acids is 1. The molecule has 0 spiro atoms. The van der Waals surface area contributed by atoms with Gasteiger partial charge in [-0.2, -0.15) is 0 Å². The fourth-order valence-electron chi connectivity index (χ4n) is 2.96. The van der Waals surface area contributed by atoms with Crippen LogP contribution >= 0.6 is 11.6 Å². The minimum absolute atomic E-state index is 0.148. The van der Waals surface area contributed by atoms with Crippen molar-refractivity contribution >= 4 is 28.9 Å². The molecule has 0 unspecified atom stereocenters. The van der Waals surface area contributed by atoms with Gasteiger partial charge in [-0.25, -0.2) is 9.97 Å². The van der Waals surface area contributed by atoms with Crippen LogP contribution in [0.25, 0.3) is 0 Å². The lowest BCUT2D eigenvalue weighted by Gasteiger charge is -2.33. The molecule has 7 heteroatoms. The molecule has 0 atom stereocenters. The summed E-state index contributed by atoms with van der Waals surface area (Å²) < 4.78 is 0. The molecule has 1 aromatic carbocycles. The highest BCUT2D eigenvalue weighted by Crippen LogP contribution is 2.28. The summed E-state index contributed by atoms with van der Waals surface area (Å²) in [5, 5.41) is 0.599. The van der Waals surface area contributed by atoms with Gasteiger partial charge in [0.05, 0.1) is 0 Å². The van der Waals surface area contributed by atoms with Crippen LogP contribution in [0.3, 0.4) is 0 Å². The number of rotatable bonds is 4. The van der Waals surface area contributed by atoms with Crippen molar-refractivity contribution in [2.24, 2.45) is 5.73 Å². The zero-order chi connectivity index (χ0) is 17.1. The quantitative estimate of drug-likeness (QED) is 0.823. The molecule has 0 amide bonds. The maximum absolute atomic E-state index is 12.6. The molecule has 0 aliphatic carbocycles. The lowest BCUT2D eigenvalue weighted by Crippen LogP contribution is -2.40. The molecule has 0 saturated carbocycles. The van der Waals surface area contributed by atoms with Gasteiger partial charge in [-0.1, -0.05) is 11.6 Å². The van der Waals surface area contributed by atoms with Gasteiger partial charge in [0.1, 0.15) is 5.69 Å². The van der Waals surface area contributed by atoms with Crippen LogP contribution in [0.15, 0.2) is 30.6 Å². The second-order valence-electron chi connectivity index (χ2n) is 5.99. The number of aromatic nitrogens is 2. The van der Waals surface area contributed by atoms with E-state index in [1.807, 2.05) is 18.2 Å². The van der Waals surface area contributed by atoms with Gasteiger partial charge in [-0.05, 0) is 36.6 Å². The Kier molecular flexibility index (Phi) is 4.97. The standard InChI is InChI=1S/C17H20ClN5O/c18-12-1-2-14(23-7-3-13(19)4-8-23)11(9-12)10-15(24)16-17(20)22-6-5-21-16/h1-2,5-6,9,13H,3-4,7-8,10,19H2,(H2,20,22). The van der Waals surface area contributed by atoms with E-state index in [1.54, 1.807) is 0 Å². The Balaban J connectivity index is 1.86. The number of anilines is 2. The number of ketones is 1. The predicted molar refractivity (Wildman–Crippen MR) is 95.4 cm³/mol. The second kappa shape index (κ2) is 7.15. The van der Waals surface area contributed by atoms with Gasteiger partial charge in [0.2, 0.25) is 0 Å². The number of nitrogens with zero attached hydrogens (tertiary/aromatic N) is 3. The number of piperidine rings is 1. The van der Waals surface area contributed by atoms with E-state index in [2.05, 4.69) is 14.9 Å². The monoisotopic (exact) mass is 345 g/mol. The third-order valence-corrected chi connectivity index (χ3v) is 4.50. The first-order chi connectivity index (χ1) is 11.5. The molecule has 1 saturated heterocycles. The molecule has 2 aromatic rings. The van der Waals surface area contributed by atoms with Crippen LogP contribution in [0.4, 0.5) is 11.5 Å². The number of carbonyl (C=O) groups is 1. The number of halogens is 1. The molecule has 1 fully saturated rings. The van der Waals surface area contributed by atoms with Gasteiger partial charge < -0.3 is 16.4 Å². The number of nitrogen functional groups attached to an aromatic ring is 1. The van der Waals surface area contributed by atoms with Gasteiger partial charge in [0.15, 0.2) is 11.6 Å². The van der Waals surface area contributed by atoms with E-state index in [9.17, 15) is 4.79 Å². The maximum Gasteiger partial charge on any atom is 0.189 e. The van der Waals surface area contributed by atoms with Crippen molar-refractivity contribution in [1.82, 2.24) is 9.97 Å². The van der Waals surface area contributed by atoms with Crippen LogP contribution in [0.1, 0.15) is 28.9 Å². The number of nitrogens with two attached hydrogens (primary N) is 2. The molecule has 24 heavy (non-hydrogen) atoms. The van der Waals surface area contributed by atoms with Crippen LogP contribution in [0.5, 0.6) is 0 Å². The van der Waals surface area contributed by atoms with Crippen LogP contribution in [-0.2, 0) is 6.42 Å². The predicted octanol–water partition coefficient (Wildman–Crippen LogP) is 2.07. The van der Waals surface area contributed by atoms with Crippen molar-refractivity contribution in [1.29, 1.82) is 0 Å². The van der Waals surface area contributed by atoms with Crippen molar-refractivity contribution in [3.8, 4) is 0 Å². The summed E-state index contributed by atoms with van der Waals surface area (Å²) >= 11 is 6.14. The van der Waals surface area contributed by atoms with E-state index in [-0.39, 0.29) is 29.8 Å². The Morgan fingerprint density at radius 3 is 2.67 bits per heavy atom. The van der Waals surface area contributed by atoms with E-state index in [0.29, 0.717) is 5.02 Å². The van der Waals surface area contributed by atoms with Crippen LogP contribution in [0.2, 0.25) is 5.02 Å². The summed E-state index contributed by atoms with van der Waals surface area (Å²) in [5.74, 6) is -0.0205. The van der Waals surface area contributed by atoms with E-state index in [1.165, 1.54) is 12.4 Å². The van der Waals surface area contributed by atoms with Gasteiger partial charge >= 0.3 is 0 Å². The first kappa shape index (κ1) is 16.7. The SMILES string of the molecule is Nc1nccnc1C(=O)Cc1cc(Cl)ccc1N1CCC(N)CC1. The number of hydrogen-bond acceptors (Lipinski definition) is 6. The minimum atomic E-state index is -0.169. The van der Waals surface area contributed by atoms with Crippen LogP contribution < -0.4 is 16.4 Å². The van der Waals surface area contributed by atoms with Crippen molar-refractivity contribution < 1.29 is 4.79 Å². The average Bonchev–Trinajstić information content (AvgIpc) is 2.56. The lowest BCUT2D eigenvalue weighted by atomic mass is 10.0. The molecule has 126 valence electrons. The highest BCUT2D eigenvalue weighted by Gasteiger charge is 2.21. The third kappa shape index (κ3) is 3.66. The fraction of sp³-hybridized carbons (Fsp3) is 0.353. The molecular weight excluding hydrogens is 326 g/mol. The first-order valence-electron chi connectivity index (χ1n) is 7.93. The molecule has 6 nitrogen and oxygen atoms in total. The topological polar surface area (TPSA) is 98.1 Å². The van der Waals surface area contributed by atoms with E-state index in [0.717, 1.165) is 37.2 Å². The van der Waals surface area contributed by atoms with E-state index in [4.69, 9.17) is 23.1 Å². The zero-order valence-electron chi connectivity index (χ0n) is 13.3. The second-order valence-corrected chi connectivity index (χ2v) is 6.42.